The van der Waals surface area contributed by atoms with Gasteiger partial charge in [0, 0.05) is 19.6 Å². The Hall–Kier alpha value is -1.03. The largest absolute Gasteiger partial charge is 0.357 e. The smallest absolute Gasteiger partial charge is 0.194 e. The van der Waals surface area contributed by atoms with E-state index in [0.717, 1.165) is 30.9 Å². The summed E-state index contributed by atoms with van der Waals surface area (Å²) >= 11 is 1.75. The van der Waals surface area contributed by atoms with Gasteiger partial charge in [-0.1, -0.05) is 12.8 Å². The molecule has 0 bridgehead atoms. The normalized spacial score (nSPS) is 26.6. The number of guanidine groups is 1. The Morgan fingerprint density at radius 1 is 1.35 bits per heavy atom. The quantitative estimate of drug-likeness (QED) is 0.683. The van der Waals surface area contributed by atoms with Crippen LogP contribution in [0.1, 0.15) is 38.2 Å². The molecule has 3 rings (SSSR count). The van der Waals surface area contributed by atoms with E-state index in [9.17, 15) is 0 Å². The lowest BCUT2D eigenvalue weighted by atomic mass is 9.82. The van der Waals surface area contributed by atoms with Crippen LogP contribution in [0.2, 0.25) is 0 Å². The number of hydrogen-bond acceptors (Lipinski definition) is 2. The Balaban J connectivity index is 1.65. The van der Waals surface area contributed by atoms with Crippen LogP contribution in [0.3, 0.4) is 0 Å². The average molecular weight is 291 g/mol. The number of hydrogen-bond donors (Lipinski definition) is 1. The van der Waals surface area contributed by atoms with E-state index in [4.69, 9.17) is 4.99 Å². The highest BCUT2D eigenvalue weighted by atomic mass is 32.1. The highest BCUT2D eigenvalue weighted by molar-refractivity contribution is 7.07. The third-order valence-electron chi connectivity index (χ3n) is 4.60. The molecule has 4 heteroatoms. The molecule has 0 spiro atoms. The molecule has 2 heterocycles. The fourth-order valence-corrected chi connectivity index (χ4v) is 4.21. The van der Waals surface area contributed by atoms with Gasteiger partial charge in [-0.05, 0) is 54.0 Å². The fourth-order valence-electron chi connectivity index (χ4n) is 3.55. The topological polar surface area (TPSA) is 27.6 Å². The molecule has 1 aliphatic heterocycles. The Kier molecular flexibility index (Phi) is 4.61. The molecule has 110 valence electrons. The average Bonchev–Trinajstić information content (AvgIpc) is 3.12. The van der Waals surface area contributed by atoms with Crippen LogP contribution < -0.4 is 5.32 Å². The summed E-state index contributed by atoms with van der Waals surface area (Å²) in [5.74, 6) is 2.94. The molecule has 2 fully saturated rings. The second-order valence-electron chi connectivity index (χ2n) is 6.01. The summed E-state index contributed by atoms with van der Waals surface area (Å²) in [7, 11) is 0. The maximum Gasteiger partial charge on any atom is 0.194 e. The van der Waals surface area contributed by atoms with Gasteiger partial charge in [0.15, 0.2) is 5.96 Å². The van der Waals surface area contributed by atoms with Crippen molar-refractivity contribution in [3.8, 4) is 0 Å². The Morgan fingerprint density at radius 2 is 2.10 bits per heavy atom. The van der Waals surface area contributed by atoms with Crippen LogP contribution in [0.4, 0.5) is 0 Å². The molecule has 0 aromatic carbocycles. The van der Waals surface area contributed by atoms with Gasteiger partial charge in [0.05, 0.1) is 6.54 Å². The Bertz CT molecular complexity index is 427. The molecular weight excluding hydrogens is 266 g/mol. The van der Waals surface area contributed by atoms with Gasteiger partial charge >= 0.3 is 0 Å². The molecule has 3 nitrogen and oxygen atoms in total. The second-order valence-corrected chi connectivity index (χ2v) is 6.79. The second kappa shape index (κ2) is 6.61. The molecule has 1 saturated heterocycles. The van der Waals surface area contributed by atoms with Crippen molar-refractivity contribution in [2.24, 2.45) is 16.8 Å². The summed E-state index contributed by atoms with van der Waals surface area (Å²) in [5.41, 5.74) is 1.32. The maximum absolute atomic E-state index is 4.83. The van der Waals surface area contributed by atoms with Gasteiger partial charge in [0.25, 0.3) is 0 Å². The van der Waals surface area contributed by atoms with Crippen LogP contribution in [0.25, 0.3) is 0 Å². The molecule has 0 radical (unpaired) electrons. The van der Waals surface area contributed by atoms with Gasteiger partial charge < -0.3 is 10.2 Å². The number of nitrogens with one attached hydrogen (secondary N) is 1. The van der Waals surface area contributed by atoms with Gasteiger partial charge in [0.1, 0.15) is 0 Å². The van der Waals surface area contributed by atoms with E-state index < -0.39 is 0 Å². The van der Waals surface area contributed by atoms with E-state index in [1.807, 2.05) is 0 Å². The lowest BCUT2D eigenvalue weighted by Gasteiger charge is -2.22. The number of rotatable bonds is 3. The van der Waals surface area contributed by atoms with E-state index in [2.05, 4.69) is 34.0 Å². The lowest BCUT2D eigenvalue weighted by Crippen LogP contribution is -2.40. The number of fused-ring (bicyclic) bond motifs is 1. The van der Waals surface area contributed by atoms with Crippen molar-refractivity contribution in [1.29, 1.82) is 0 Å². The lowest BCUT2D eigenvalue weighted by molar-refractivity contribution is 0.299. The minimum Gasteiger partial charge on any atom is -0.357 e. The van der Waals surface area contributed by atoms with E-state index in [1.165, 1.54) is 44.3 Å². The number of aliphatic imine (C=N–C) groups is 1. The van der Waals surface area contributed by atoms with Crippen LogP contribution in [0.15, 0.2) is 21.8 Å². The van der Waals surface area contributed by atoms with Crippen molar-refractivity contribution >= 4 is 17.3 Å². The minimum atomic E-state index is 0.803. The van der Waals surface area contributed by atoms with Crippen LogP contribution in [0, 0.1) is 11.8 Å². The van der Waals surface area contributed by atoms with Crippen molar-refractivity contribution in [3.63, 3.8) is 0 Å². The number of nitrogens with zero attached hydrogens (tertiary/aromatic N) is 2. The van der Waals surface area contributed by atoms with Crippen LogP contribution in [0.5, 0.6) is 0 Å². The predicted molar refractivity (Wildman–Crippen MR) is 86.2 cm³/mol. The summed E-state index contributed by atoms with van der Waals surface area (Å²) in [5, 5.41) is 7.79. The van der Waals surface area contributed by atoms with Crippen LogP contribution in [-0.2, 0) is 6.54 Å². The van der Waals surface area contributed by atoms with Crippen molar-refractivity contribution < 1.29 is 0 Å². The molecular formula is C16H25N3S. The molecule has 1 N–H and O–H groups in total. The number of thiophene rings is 1. The van der Waals surface area contributed by atoms with E-state index in [-0.39, 0.29) is 0 Å². The summed E-state index contributed by atoms with van der Waals surface area (Å²) in [6, 6.07) is 2.17. The molecule has 1 aromatic rings. The molecule has 2 atom stereocenters. The highest BCUT2D eigenvalue weighted by Gasteiger charge is 2.35. The molecule has 1 aliphatic carbocycles. The summed E-state index contributed by atoms with van der Waals surface area (Å²) in [6.07, 6.45) is 5.70. The SMILES string of the molecule is CCNC(=NCc1ccsc1)N1CC2CCCCC2C1. The van der Waals surface area contributed by atoms with Crippen molar-refractivity contribution in [3.05, 3.63) is 22.4 Å². The zero-order valence-electron chi connectivity index (χ0n) is 12.3. The third kappa shape index (κ3) is 3.17. The zero-order valence-corrected chi connectivity index (χ0v) is 13.2. The number of likely N-dealkylation sites (tertiary alicyclic amines) is 1. The van der Waals surface area contributed by atoms with Crippen molar-refractivity contribution in [1.82, 2.24) is 10.2 Å². The molecule has 0 amide bonds. The fraction of sp³-hybridized carbons (Fsp3) is 0.688. The van der Waals surface area contributed by atoms with Crippen LogP contribution >= 0.6 is 11.3 Å². The molecule has 20 heavy (non-hydrogen) atoms. The Labute approximate surface area is 126 Å². The van der Waals surface area contributed by atoms with Gasteiger partial charge in [0.2, 0.25) is 0 Å². The van der Waals surface area contributed by atoms with Crippen molar-refractivity contribution in [2.45, 2.75) is 39.2 Å². The molecule has 1 saturated carbocycles. The highest BCUT2D eigenvalue weighted by Crippen LogP contribution is 2.35. The standard InChI is InChI=1S/C16H25N3S/c1-2-17-16(18-9-13-7-8-20-12-13)19-10-14-5-3-4-6-15(14)11-19/h7-8,12,14-15H,2-6,9-11H2,1H3,(H,17,18). The molecule has 2 unspecified atom stereocenters. The first-order chi connectivity index (χ1) is 9.86. The van der Waals surface area contributed by atoms with Crippen LogP contribution in [-0.4, -0.2) is 30.5 Å². The Morgan fingerprint density at radius 3 is 2.70 bits per heavy atom. The zero-order chi connectivity index (χ0) is 13.8. The van der Waals surface area contributed by atoms with E-state index >= 15 is 0 Å². The van der Waals surface area contributed by atoms with Gasteiger partial charge in [-0.15, -0.1) is 0 Å². The predicted octanol–water partition coefficient (Wildman–Crippen LogP) is 3.34. The summed E-state index contributed by atoms with van der Waals surface area (Å²) < 4.78 is 0. The maximum atomic E-state index is 4.83. The monoisotopic (exact) mass is 291 g/mol. The van der Waals surface area contributed by atoms with E-state index in [0.29, 0.717) is 0 Å². The first kappa shape index (κ1) is 13.9. The third-order valence-corrected chi connectivity index (χ3v) is 5.33. The first-order valence-electron chi connectivity index (χ1n) is 7.91. The first-order valence-corrected chi connectivity index (χ1v) is 8.85. The van der Waals surface area contributed by atoms with E-state index in [1.54, 1.807) is 11.3 Å². The van der Waals surface area contributed by atoms with Gasteiger partial charge in [-0.3, -0.25) is 0 Å². The minimum absolute atomic E-state index is 0.803. The summed E-state index contributed by atoms with van der Waals surface area (Å²) in [4.78, 5) is 7.33. The van der Waals surface area contributed by atoms with Gasteiger partial charge in [-0.25, -0.2) is 4.99 Å². The van der Waals surface area contributed by atoms with Gasteiger partial charge in [-0.2, -0.15) is 11.3 Å². The summed E-state index contributed by atoms with van der Waals surface area (Å²) in [6.45, 7) is 6.33. The molecule has 1 aromatic heterocycles. The van der Waals surface area contributed by atoms with Crippen molar-refractivity contribution in [2.75, 3.05) is 19.6 Å². The molecule has 2 aliphatic rings.